The topological polar surface area (TPSA) is 59.9 Å². The summed E-state index contributed by atoms with van der Waals surface area (Å²) in [6.07, 6.45) is 3.26. The van der Waals surface area contributed by atoms with E-state index in [0.29, 0.717) is 45.0 Å². The molecule has 0 saturated carbocycles. The van der Waals surface area contributed by atoms with Crippen LogP contribution in [0.2, 0.25) is 0 Å². The largest absolute Gasteiger partial charge is 0.494 e. The molecule has 1 N–H and O–H groups in total. The van der Waals surface area contributed by atoms with Crippen molar-refractivity contribution in [1.82, 2.24) is 15.0 Å². The van der Waals surface area contributed by atoms with Crippen LogP contribution >= 0.6 is 0 Å². The third-order valence-corrected chi connectivity index (χ3v) is 4.49. The van der Waals surface area contributed by atoms with Gasteiger partial charge in [0.15, 0.2) is 5.82 Å². The summed E-state index contributed by atoms with van der Waals surface area (Å²) in [6.45, 7) is -0.556. The van der Waals surface area contributed by atoms with Crippen LogP contribution in [0.15, 0.2) is 54.9 Å². The normalized spacial score (nSPS) is 10.9. The van der Waals surface area contributed by atoms with Gasteiger partial charge in [-0.15, -0.1) is 0 Å². The molecule has 4 rings (SSSR count). The van der Waals surface area contributed by atoms with E-state index < -0.39 is 18.3 Å². The maximum absolute atomic E-state index is 13.7. The standard InChI is InChI=1S/C22H17F3N4O/c1-30-19-10-15(14-7-16(24)11-17(25)8-14)9-18-20(19)28-21(13-3-2-5-26-12-13)29-22(18)27-6-4-23/h2-3,5,7-12H,4,6H2,1H3,(H,27,28,29). The number of benzene rings is 2. The average Bonchev–Trinajstić information content (AvgIpc) is 2.76. The molecule has 152 valence electrons. The predicted molar refractivity (Wildman–Crippen MR) is 109 cm³/mol. The first kappa shape index (κ1) is 19.6. The molecule has 0 unspecified atom stereocenters. The molecular formula is C22H17F3N4O. The lowest BCUT2D eigenvalue weighted by molar-refractivity contribution is 0.419. The van der Waals surface area contributed by atoms with Gasteiger partial charge in [-0.05, 0) is 47.5 Å². The lowest BCUT2D eigenvalue weighted by Gasteiger charge is -2.14. The molecule has 2 aromatic carbocycles. The molecule has 0 aliphatic heterocycles. The molecule has 2 heterocycles. The number of hydrogen-bond donors (Lipinski definition) is 1. The monoisotopic (exact) mass is 410 g/mol. The zero-order valence-corrected chi connectivity index (χ0v) is 16.0. The molecule has 0 spiro atoms. The van der Waals surface area contributed by atoms with Gasteiger partial charge in [-0.1, -0.05) is 0 Å². The number of alkyl halides is 1. The molecule has 5 nitrogen and oxygen atoms in total. The van der Waals surface area contributed by atoms with Gasteiger partial charge in [-0.3, -0.25) is 4.98 Å². The highest BCUT2D eigenvalue weighted by atomic mass is 19.1. The van der Waals surface area contributed by atoms with Gasteiger partial charge in [0.1, 0.15) is 35.4 Å². The summed E-state index contributed by atoms with van der Waals surface area (Å²) >= 11 is 0. The second-order valence-electron chi connectivity index (χ2n) is 6.49. The fourth-order valence-corrected chi connectivity index (χ4v) is 3.17. The summed E-state index contributed by atoms with van der Waals surface area (Å²) < 4.78 is 45.8. The summed E-state index contributed by atoms with van der Waals surface area (Å²) in [5, 5.41) is 3.49. The Morgan fingerprint density at radius 3 is 2.40 bits per heavy atom. The third kappa shape index (κ3) is 3.89. The Bertz CT molecular complexity index is 1180. The zero-order valence-electron chi connectivity index (χ0n) is 16.0. The Balaban J connectivity index is 1.97. The number of nitrogens with zero attached hydrogens (tertiary/aromatic N) is 3. The summed E-state index contributed by atoms with van der Waals surface area (Å²) in [5.74, 6) is -0.220. The van der Waals surface area contributed by atoms with E-state index in [-0.39, 0.29) is 6.54 Å². The minimum absolute atomic E-state index is 0.0414. The average molecular weight is 410 g/mol. The molecule has 0 radical (unpaired) electrons. The van der Waals surface area contributed by atoms with Crippen LogP contribution in [0.1, 0.15) is 0 Å². The molecule has 0 saturated heterocycles. The van der Waals surface area contributed by atoms with Crippen LogP contribution in [0.5, 0.6) is 5.75 Å². The fraction of sp³-hybridized carbons (Fsp3) is 0.136. The zero-order chi connectivity index (χ0) is 21.1. The number of rotatable bonds is 6. The number of ether oxygens (including phenoxy) is 1. The number of pyridine rings is 1. The third-order valence-electron chi connectivity index (χ3n) is 4.49. The second kappa shape index (κ2) is 8.36. The minimum Gasteiger partial charge on any atom is -0.494 e. The van der Waals surface area contributed by atoms with Gasteiger partial charge in [-0.2, -0.15) is 0 Å². The summed E-state index contributed by atoms with van der Waals surface area (Å²) in [7, 11) is 1.48. The number of aromatic nitrogens is 3. The van der Waals surface area contributed by atoms with Crippen LogP contribution in [0, 0.1) is 11.6 Å². The highest BCUT2D eigenvalue weighted by Gasteiger charge is 2.16. The van der Waals surface area contributed by atoms with Crippen molar-refractivity contribution in [2.24, 2.45) is 0 Å². The van der Waals surface area contributed by atoms with Crippen LogP contribution in [-0.4, -0.2) is 35.3 Å². The second-order valence-corrected chi connectivity index (χ2v) is 6.49. The van der Waals surface area contributed by atoms with Gasteiger partial charge in [0, 0.05) is 36.0 Å². The molecule has 0 amide bonds. The van der Waals surface area contributed by atoms with Crippen molar-refractivity contribution in [1.29, 1.82) is 0 Å². The SMILES string of the molecule is COc1cc(-c2cc(F)cc(F)c2)cc2c(NCCF)nc(-c3cccnc3)nc12. The molecule has 0 atom stereocenters. The van der Waals surface area contributed by atoms with Crippen molar-refractivity contribution in [3.05, 3.63) is 66.5 Å². The summed E-state index contributed by atoms with van der Waals surface area (Å²) in [5.41, 5.74) is 2.01. The van der Waals surface area contributed by atoms with Crippen LogP contribution in [-0.2, 0) is 0 Å². The minimum atomic E-state index is -0.692. The first-order valence-electron chi connectivity index (χ1n) is 9.15. The number of nitrogens with one attached hydrogen (secondary N) is 1. The Morgan fingerprint density at radius 1 is 0.967 bits per heavy atom. The number of anilines is 1. The Hall–Kier alpha value is -3.68. The van der Waals surface area contributed by atoms with Crippen molar-refractivity contribution < 1.29 is 17.9 Å². The van der Waals surface area contributed by atoms with E-state index in [9.17, 15) is 13.2 Å². The molecule has 8 heteroatoms. The van der Waals surface area contributed by atoms with Crippen molar-refractivity contribution >= 4 is 16.7 Å². The Kier molecular flexibility index (Phi) is 5.47. The predicted octanol–water partition coefficient (Wildman–Crippen LogP) is 5.03. The molecule has 30 heavy (non-hydrogen) atoms. The highest BCUT2D eigenvalue weighted by molar-refractivity contribution is 5.97. The first-order chi connectivity index (χ1) is 14.6. The molecule has 0 bridgehead atoms. The van der Waals surface area contributed by atoms with Crippen molar-refractivity contribution in [3.8, 4) is 28.3 Å². The van der Waals surface area contributed by atoms with Gasteiger partial charge in [-0.25, -0.2) is 23.1 Å². The Labute approximate surface area is 170 Å². The van der Waals surface area contributed by atoms with E-state index in [1.54, 1.807) is 30.6 Å². The quantitative estimate of drug-likeness (QED) is 0.483. The van der Waals surface area contributed by atoms with Gasteiger partial charge < -0.3 is 10.1 Å². The molecule has 0 fully saturated rings. The molecule has 2 aromatic heterocycles. The highest BCUT2D eigenvalue weighted by Crippen LogP contribution is 2.36. The smallest absolute Gasteiger partial charge is 0.163 e. The van der Waals surface area contributed by atoms with Crippen LogP contribution in [0.4, 0.5) is 19.0 Å². The number of methoxy groups -OCH3 is 1. The number of fused-ring (bicyclic) bond motifs is 1. The van der Waals surface area contributed by atoms with Gasteiger partial charge in [0.25, 0.3) is 0 Å². The number of hydrogen-bond acceptors (Lipinski definition) is 5. The lowest BCUT2D eigenvalue weighted by Crippen LogP contribution is -2.07. The van der Waals surface area contributed by atoms with E-state index in [2.05, 4.69) is 20.3 Å². The number of halogens is 3. The van der Waals surface area contributed by atoms with Crippen LogP contribution < -0.4 is 10.1 Å². The van der Waals surface area contributed by atoms with Crippen molar-refractivity contribution in [3.63, 3.8) is 0 Å². The van der Waals surface area contributed by atoms with E-state index in [1.165, 1.54) is 19.2 Å². The van der Waals surface area contributed by atoms with E-state index in [4.69, 9.17) is 4.74 Å². The molecule has 4 aromatic rings. The van der Waals surface area contributed by atoms with Gasteiger partial charge in [0.2, 0.25) is 0 Å². The molecule has 0 aliphatic carbocycles. The maximum Gasteiger partial charge on any atom is 0.163 e. The molecular weight excluding hydrogens is 393 g/mol. The summed E-state index contributed by atoms with van der Waals surface area (Å²) in [4.78, 5) is 13.2. The van der Waals surface area contributed by atoms with Crippen LogP contribution in [0.3, 0.4) is 0 Å². The maximum atomic E-state index is 13.7. The van der Waals surface area contributed by atoms with Gasteiger partial charge in [0.05, 0.1) is 7.11 Å². The van der Waals surface area contributed by atoms with Crippen LogP contribution in [0.25, 0.3) is 33.4 Å². The van der Waals surface area contributed by atoms with E-state index in [0.717, 1.165) is 6.07 Å². The van der Waals surface area contributed by atoms with E-state index >= 15 is 0 Å². The van der Waals surface area contributed by atoms with Gasteiger partial charge >= 0.3 is 0 Å². The first-order valence-corrected chi connectivity index (χ1v) is 9.15. The lowest BCUT2D eigenvalue weighted by atomic mass is 10.0. The summed E-state index contributed by atoms with van der Waals surface area (Å²) in [6, 6.07) is 10.2. The van der Waals surface area contributed by atoms with Crippen molar-refractivity contribution in [2.75, 3.05) is 25.6 Å². The van der Waals surface area contributed by atoms with Crippen molar-refractivity contribution in [2.45, 2.75) is 0 Å². The van der Waals surface area contributed by atoms with E-state index in [1.807, 2.05) is 6.07 Å². The fourth-order valence-electron chi connectivity index (χ4n) is 3.17. The molecule has 0 aliphatic rings. The Morgan fingerprint density at radius 2 is 1.73 bits per heavy atom.